The SMILES string of the molecule is CN[C@@H](C)c1ccc(-c2cnco2)cc1. The lowest BCUT2D eigenvalue weighted by molar-refractivity contribution is 0.572. The van der Waals surface area contributed by atoms with Crippen molar-refractivity contribution < 1.29 is 4.42 Å². The van der Waals surface area contributed by atoms with Gasteiger partial charge in [0.1, 0.15) is 0 Å². The van der Waals surface area contributed by atoms with Crippen LogP contribution < -0.4 is 5.32 Å². The summed E-state index contributed by atoms with van der Waals surface area (Å²) in [6, 6.07) is 8.65. The minimum Gasteiger partial charge on any atom is -0.444 e. The number of nitrogens with zero attached hydrogens (tertiary/aromatic N) is 1. The normalized spacial score (nSPS) is 12.7. The Balaban J connectivity index is 2.25. The van der Waals surface area contributed by atoms with Crippen molar-refractivity contribution in [3.05, 3.63) is 42.4 Å². The van der Waals surface area contributed by atoms with Crippen LogP contribution in [0, 0.1) is 0 Å². The third-order valence-corrected chi connectivity index (χ3v) is 2.56. The van der Waals surface area contributed by atoms with Crippen LogP contribution in [-0.2, 0) is 0 Å². The number of rotatable bonds is 3. The van der Waals surface area contributed by atoms with Gasteiger partial charge in [-0.25, -0.2) is 4.98 Å². The average molecular weight is 202 g/mol. The van der Waals surface area contributed by atoms with Gasteiger partial charge in [-0.1, -0.05) is 24.3 Å². The van der Waals surface area contributed by atoms with E-state index in [9.17, 15) is 0 Å². The van der Waals surface area contributed by atoms with E-state index in [1.807, 2.05) is 19.2 Å². The van der Waals surface area contributed by atoms with Crippen molar-refractivity contribution in [1.29, 1.82) is 0 Å². The van der Waals surface area contributed by atoms with Crippen LogP contribution in [0.2, 0.25) is 0 Å². The minimum absolute atomic E-state index is 0.369. The van der Waals surface area contributed by atoms with E-state index < -0.39 is 0 Å². The highest BCUT2D eigenvalue weighted by atomic mass is 16.3. The van der Waals surface area contributed by atoms with Crippen LogP contribution in [0.1, 0.15) is 18.5 Å². The first-order valence-electron chi connectivity index (χ1n) is 4.97. The van der Waals surface area contributed by atoms with Gasteiger partial charge in [0.15, 0.2) is 12.2 Å². The van der Waals surface area contributed by atoms with E-state index in [4.69, 9.17) is 4.42 Å². The van der Waals surface area contributed by atoms with Gasteiger partial charge in [0, 0.05) is 11.6 Å². The van der Waals surface area contributed by atoms with Crippen LogP contribution >= 0.6 is 0 Å². The smallest absolute Gasteiger partial charge is 0.181 e. The highest BCUT2D eigenvalue weighted by Crippen LogP contribution is 2.21. The molecule has 0 radical (unpaired) electrons. The van der Waals surface area contributed by atoms with Crippen LogP contribution in [0.5, 0.6) is 0 Å². The zero-order valence-corrected chi connectivity index (χ0v) is 8.90. The topological polar surface area (TPSA) is 38.1 Å². The van der Waals surface area contributed by atoms with Crippen molar-refractivity contribution in [3.8, 4) is 11.3 Å². The van der Waals surface area contributed by atoms with E-state index in [0.717, 1.165) is 11.3 Å². The van der Waals surface area contributed by atoms with E-state index in [1.165, 1.54) is 12.0 Å². The molecule has 1 heterocycles. The van der Waals surface area contributed by atoms with Crippen molar-refractivity contribution in [2.75, 3.05) is 7.05 Å². The fraction of sp³-hybridized carbons (Fsp3) is 0.250. The first-order chi connectivity index (χ1) is 7.31. The molecule has 78 valence electrons. The van der Waals surface area contributed by atoms with Gasteiger partial charge in [0.25, 0.3) is 0 Å². The van der Waals surface area contributed by atoms with Crippen LogP contribution in [0.25, 0.3) is 11.3 Å². The standard InChI is InChI=1S/C12H14N2O/c1-9(13-2)10-3-5-11(6-4-10)12-7-14-8-15-12/h3-9,13H,1-2H3/t9-/m0/s1. The van der Waals surface area contributed by atoms with Gasteiger partial charge in [-0.2, -0.15) is 0 Å². The van der Waals surface area contributed by atoms with E-state index in [0.29, 0.717) is 6.04 Å². The molecule has 1 atom stereocenters. The Labute approximate surface area is 89.1 Å². The molecule has 2 aromatic rings. The Kier molecular flexibility index (Phi) is 2.83. The molecule has 2 rings (SSSR count). The van der Waals surface area contributed by atoms with Crippen LogP contribution in [0.4, 0.5) is 0 Å². The number of aromatic nitrogens is 1. The maximum absolute atomic E-state index is 5.22. The van der Waals surface area contributed by atoms with E-state index in [-0.39, 0.29) is 0 Å². The predicted molar refractivity (Wildman–Crippen MR) is 59.4 cm³/mol. The number of hydrogen-bond acceptors (Lipinski definition) is 3. The molecule has 1 aromatic heterocycles. The second-order valence-electron chi connectivity index (χ2n) is 3.50. The molecule has 0 aliphatic carbocycles. The summed E-state index contributed by atoms with van der Waals surface area (Å²) in [6.45, 7) is 2.13. The lowest BCUT2D eigenvalue weighted by atomic mass is 10.1. The number of oxazole rings is 1. The summed E-state index contributed by atoms with van der Waals surface area (Å²) in [5.74, 6) is 0.804. The molecule has 0 aliphatic heterocycles. The van der Waals surface area contributed by atoms with Gasteiger partial charge in [-0.3, -0.25) is 0 Å². The molecule has 1 aromatic carbocycles. The summed E-state index contributed by atoms with van der Waals surface area (Å²) in [6.07, 6.45) is 3.16. The maximum atomic E-state index is 5.22. The van der Waals surface area contributed by atoms with Crippen molar-refractivity contribution in [2.24, 2.45) is 0 Å². The Morgan fingerprint density at radius 2 is 2.00 bits per heavy atom. The summed E-state index contributed by atoms with van der Waals surface area (Å²) in [5.41, 5.74) is 2.32. The van der Waals surface area contributed by atoms with Gasteiger partial charge in [0.2, 0.25) is 0 Å². The lowest BCUT2D eigenvalue weighted by Crippen LogP contribution is -2.11. The molecular weight excluding hydrogens is 188 g/mol. The largest absolute Gasteiger partial charge is 0.444 e. The second kappa shape index (κ2) is 4.28. The summed E-state index contributed by atoms with van der Waals surface area (Å²) < 4.78 is 5.22. The summed E-state index contributed by atoms with van der Waals surface area (Å²) in [5, 5.41) is 3.20. The third kappa shape index (κ3) is 2.07. The Morgan fingerprint density at radius 3 is 2.53 bits per heavy atom. The first kappa shape index (κ1) is 9.93. The third-order valence-electron chi connectivity index (χ3n) is 2.56. The van der Waals surface area contributed by atoms with Gasteiger partial charge in [-0.05, 0) is 19.5 Å². The Morgan fingerprint density at radius 1 is 1.27 bits per heavy atom. The predicted octanol–water partition coefficient (Wildman–Crippen LogP) is 2.62. The highest BCUT2D eigenvalue weighted by molar-refractivity contribution is 5.56. The van der Waals surface area contributed by atoms with Gasteiger partial charge in [0.05, 0.1) is 6.20 Å². The molecular formula is C12H14N2O. The zero-order valence-electron chi connectivity index (χ0n) is 8.90. The monoisotopic (exact) mass is 202 g/mol. The fourth-order valence-corrected chi connectivity index (χ4v) is 1.46. The molecule has 0 amide bonds. The molecule has 0 spiro atoms. The van der Waals surface area contributed by atoms with Crippen molar-refractivity contribution in [3.63, 3.8) is 0 Å². The molecule has 0 saturated heterocycles. The first-order valence-corrected chi connectivity index (χ1v) is 4.97. The molecule has 0 unspecified atom stereocenters. The van der Waals surface area contributed by atoms with E-state index >= 15 is 0 Å². The number of nitrogens with one attached hydrogen (secondary N) is 1. The number of hydrogen-bond donors (Lipinski definition) is 1. The molecule has 0 bridgehead atoms. The average Bonchev–Trinajstić information content (AvgIpc) is 2.82. The van der Waals surface area contributed by atoms with Gasteiger partial charge < -0.3 is 9.73 Å². The van der Waals surface area contributed by atoms with Crippen LogP contribution in [-0.4, -0.2) is 12.0 Å². The molecule has 1 N–H and O–H groups in total. The molecule has 3 nitrogen and oxygen atoms in total. The Hall–Kier alpha value is -1.61. The molecule has 0 saturated carbocycles. The lowest BCUT2D eigenvalue weighted by Gasteiger charge is -2.10. The van der Waals surface area contributed by atoms with Crippen LogP contribution in [0.3, 0.4) is 0 Å². The molecule has 3 heteroatoms. The summed E-state index contributed by atoms with van der Waals surface area (Å²) in [4.78, 5) is 3.89. The fourth-order valence-electron chi connectivity index (χ4n) is 1.46. The second-order valence-corrected chi connectivity index (χ2v) is 3.50. The molecule has 0 aliphatic rings. The van der Waals surface area contributed by atoms with E-state index in [2.05, 4.69) is 29.4 Å². The summed E-state index contributed by atoms with van der Waals surface area (Å²) in [7, 11) is 1.95. The molecule has 15 heavy (non-hydrogen) atoms. The summed E-state index contributed by atoms with van der Waals surface area (Å²) >= 11 is 0. The molecule has 0 fully saturated rings. The van der Waals surface area contributed by atoms with Gasteiger partial charge >= 0.3 is 0 Å². The van der Waals surface area contributed by atoms with Crippen molar-refractivity contribution >= 4 is 0 Å². The van der Waals surface area contributed by atoms with E-state index in [1.54, 1.807) is 6.20 Å². The van der Waals surface area contributed by atoms with Crippen molar-refractivity contribution in [2.45, 2.75) is 13.0 Å². The van der Waals surface area contributed by atoms with Gasteiger partial charge in [-0.15, -0.1) is 0 Å². The maximum Gasteiger partial charge on any atom is 0.181 e. The zero-order chi connectivity index (χ0) is 10.7. The Bertz CT molecular complexity index is 406. The highest BCUT2D eigenvalue weighted by Gasteiger charge is 2.04. The van der Waals surface area contributed by atoms with Crippen molar-refractivity contribution in [1.82, 2.24) is 10.3 Å². The minimum atomic E-state index is 0.369. The quantitative estimate of drug-likeness (QED) is 0.831. The number of benzene rings is 1. The van der Waals surface area contributed by atoms with Crippen LogP contribution in [0.15, 0.2) is 41.3 Å².